The Morgan fingerprint density at radius 2 is 1.95 bits per heavy atom. The molecule has 0 atom stereocenters. The number of halogens is 2. The summed E-state index contributed by atoms with van der Waals surface area (Å²) in [6.07, 6.45) is 0. The summed E-state index contributed by atoms with van der Waals surface area (Å²) in [4.78, 5) is 4.24. The molecule has 1 aromatic carbocycles. The number of nitrogens with zero attached hydrogens (tertiary/aromatic N) is 2. The molecule has 0 aliphatic rings. The first kappa shape index (κ1) is 14.7. The molecule has 0 aliphatic heterocycles. The lowest BCUT2D eigenvalue weighted by Gasteiger charge is -2.07. The minimum atomic E-state index is 0.310. The summed E-state index contributed by atoms with van der Waals surface area (Å²) in [5.41, 5.74) is 2.48. The Morgan fingerprint density at radius 1 is 1.26 bits per heavy atom. The van der Waals surface area contributed by atoms with E-state index in [1.807, 2.05) is 0 Å². The number of rotatable bonds is 5. The van der Waals surface area contributed by atoms with Crippen molar-refractivity contribution in [3.63, 3.8) is 0 Å². The standard InChI is InChI=1S/C13H14Cl2N2OS/c1-9-3-5-10(6-4-9)7-19-13-16-11(14)12(15)17(13)8-18-2/h3-6H,7-8H2,1-2H3. The summed E-state index contributed by atoms with van der Waals surface area (Å²) < 4.78 is 6.85. The van der Waals surface area contributed by atoms with Gasteiger partial charge in [0.2, 0.25) is 0 Å². The molecule has 6 heteroatoms. The number of hydrogen-bond donors (Lipinski definition) is 0. The predicted octanol–water partition coefficient (Wildman–Crippen LogP) is 4.39. The van der Waals surface area contributed by atoms with Gasteiger partial charge in [0.05, 0.1) is 0 Å². The topological polar surface area (TPSA) is 27.1 Å². The van der Waals surface area contributed by atoms with E-state index in [1.54, 1.807) is 23.4 Å². The zero-order valence-electron chi connectivity index (χ0n) is 10.7. The first-order valence-electron chi connectivity index (χ1n) is 5.70. The molecule has 19 heavy (non-hydrogen) atoms. The summed E-state index contributed by atoms with van der Waals surface area (Å²) in [5.74, 6) is 0.813. The lowest BCUT2D eigenvalue weighted by atomic mass is 10.2. The van der Waals surface area contributed by atoms with Crippen molar-refractivity contribution in [1.29, 1.82) is 0 Å². The maximum absolute atomic E-state index is 6.07. The Morgan fingerprint density at radius 3 is 2.58 bits per heavy atom. The summed E-state index contributed by atoms with van der Waals surface area (Å²) in [7, 11) is 1.61. The molecule has 1 heterocycles. The lowest BCUT2D eigenvalue weighted by Crippen LogP contribution is -2.01. The maximum Gasteiger partial charge on any atom is 0.172 e. The summed E-state index contributed by atoms with van der Waals surface area (Å²) in [6, 6.07) is 8.40. The number of aromatic nitrogens is 2. The van der Waals surface area contributed by atoms with Gasteiger partial charge in [-0.15, -0.1) is 0 Å². The van der Waals surface area contributed by atoms with E-state index in [0.29, 0.717) is 17.0 Å². The third-order valence-corrected chi connectivity index (χ3v) is 4.37. The highest BCUT2D eigenvalue weighted by Crippen LogP contribution is 2.30. The second kappa shape index (κ2) is 6.66. The molecule has 3 nitrogen and oxygen atoms in total. The molecule has 0 saturated heterocycles. The molecule has 0 amide bonds. The van der Waals surface area contributed by atoms with Crippen LogP contribution in [0.25, 0.3) is 0 Å². The average Bonchev–Trinajstić information content (AvgIpc) is 2.66. The lowest BCUT2D eigenvalue weighted by molar-refractivity contribution is 0.124. The highest BCUT2D eigenvalue weighted by molar-refractivity contribution is 7.98. The Kier molecular flexibility index (Phi) is 5.16. The second-order valence-corrected chi connectivity index (χ2v) is 5.75. The van der Waals surface area contributed by atoms with Gasteiger partial charge in [-0.3, -0.25) is 4.57 Å². The number of thioether (sulfide) groups is 1. The van der Waals surface area contributed by atoms with Crippen LogP contribution >= 0.6 is 35.0 Å². The highest BCUT2D eigenvalue weighted by atomic mass is 35.5. The highest BCUT2D eigenvalue weighted by Gasteiger charge is 2.14. The largest absolute Gasteiger partial charge is 0.364 e. The van der Waals surface area contributed by atoms with E-state index >= 15 is 0 Å². The van der Waals surface area contributed by atoms with Crippen molar-refractivity contribution < 1.29 is 4.74 Å². The molecular weight excluding hydrogens is 303 g/mol. The van der Waals surface area contributed by atoms with Crippen LogP contribution in [0.15, 0.2) is 29.4 Å². The summed E-state index contributed by atoms with van der Waals surface area (Å²) in [6.45, 7) is 2.41. The first-order valence-corrected chi connectivity index (χ1v) is 7.44. The number of benzene rings is 1. The van der Waals surface area contributed by atoms with Crippen LogP contribution in [0, 0.1) is 6.92 Å². The minimum absolute atomic E-state index is 0.310. The zero-order chi connectivity index (χ0) is 13.8. The average molecular weight is 317 g/mol. The van der Waals surface area contributed by atoms with E-state index in [-0.39, 0.29) is 0 Å². The Labute approximate surface area is 126 Å². The van der Waals surface area contributed by atoms with Gasteiger partial charge in [-0.2, -0.15) is 0 Å². The van der Waals surface area contributed by atoms with Gasteiger partial charge in [0, 0.05) is 12.9 Å². The van der Waals surface area contributed by atoms with Crippen LogP contribution in [0.1, 0.15) is 11.1 Å². The quantitative estimate of drug-likeness (QED) is 0.765. The van der Waals surface area contributed by atoms with Gasteiger partial charge in [0.1, 0.15) is 6.73 Å². The molecule has 2 rings (SSSR count). The molecule has 0 spiro atoms. The summed E-state index contributed by atoms with van der Waals surface area (Å²) >= 11 is 13.6. The zero-order valence-corrected chi connectivity index (χ0v) is 13.0. The van der Waals surface area contributed by atoms with Crippen molar-refractivity contribution in [2.75, 3.05) is 7.11 Å². The molecule has 0 fully saturated rings. The molecule has 0 bridgehead atoms. The second-order valence-electron chi connectivity index (χ2n) is 4.10. The van der Waals surface area contributed by atoms with E-state index in [2.05, 4.69) is 36.2 Å². The first-order chi connectivity index (χ1) is 9.11. The number of hydrogen-bond acceptors (Lipinski definition) is 3. The number of imidazole rings is 1. The normalized spacial score (nSPS) is 10.9. The van der Waals surface area contributed by atoms with E-state index in [0.717, 1.165) is 10.9 Å². The molecule has 1 aromatic heterocycles. The van der Waals surface area contributed by atoms with Crippen LogP contribution in [0.2, 0.25) is 10.3 Å². The van der Waals surface area contributed by atoms with Crippen molar-refractivity contribution in [3.05, 3.63) is 45.7 Å². The Hall–Kier alpha value is -0.680. The Balaban J connectivity index is 2.10. The molecular formula is C13H14Cl2N2OS. The SMILES string of the molecule is COCn1c(SCc2ccc(C)cc2)nc(Cl)c1Cl. The van der Waals surface area contributed by atoms with Gasteiger partial charge in [-0.25, -0.2) is 4.98 Å². The monoisotopic (exact) mass is 316 g/mol. The van der Waals surface area contributed by atoms with Gasteiger partial charge in [-0.05, 0) is 12.5 Å². The van der Waals surface area contributed by atoms with E-state index < -0.39 is 0 Å². The van der Waals surface area contributed by atoms with Crippen molar-refractivity contribution in [2.24, 2.45) is 0 Å². The third-order valence-electron chi connectivity index (χ3n) is 2.58. The maximum atomic E-state index is 6.07. The molecule has 0 aliphatic carbocycles. The van der Waals surface area contributed by atoms with E-state index in [9.17, 15) is 0 Å². The number of aryl methyl sites for hydroxylation is 1. The molecule has 0 radical (unpaired) electrons. The minimum Gasteiger partial charge on any atom is -0.364 e. The summed E-state index contributed by atoms with van der Waals surface area (Å²) in [5, 5.41) is 1.48. The third kappa shape index (κ3) is 3.66. The van der Waals surface area contributed by atoms with E-state index in [1.165, 1.54) is 11.1 Å². The number of ether oxygens (including phenoxy) is 1. The van der Waals surface area contributed by atoms with Gasteiger partial charge < -0.3 is 4.74 Å². The fourth-order valence-electron chi connectivity index (χ4n) is 1.57. The van der Waals surface area contributed by atoms with Crippen molar-refractivity contribution in [2.45, 2.75) is 24.6 Å². The van der Waals surface area contributed by atoms with Crippen molar-refractivity contribution >= 4 is 35.0 Å². The molecule has 0 saturated carbocycles. The van der Waals surface area contributed by atoms with Crippen molar-refractivity contribution in [1.82, 2.24) is 9.55 Å². The van der Waals surface area contributed by atoms with E-state index in [4.69, 9.17) is 27.9 Å². The fraction of sp³-hybridized carbons (Fsp3) is 0.308. The van der Waals surface area contributed by atoms with Crippen LogP contribution in [0.4, 0.5) is 0 Å². The van der Waals surface area contributed by atoms with Gasteiger partial charge in [0.25, 0.3) is 0 Å². The van der Waals surface area contributed by atoms with Crippen LogP contribution in [-0.2, 0) is 17.2 Å². The molecule has 2 aromatic rings. The molecule has 0 N–H and O–H groups in total. The smallest absolute Gasteiger partial charge is 0.172 e. The van der Waals surface area contributed by atoms with Crippen LogP contribution < -0.4 is 0 Å². The molecule has 102 valence electrons. The van der Waals surface area contributed by atoms with Gasteiger partial charge >= 0.3 is 0 Å². The van der Waals surface area contributed by atoms with Crippen LogP contribution in [-0.4, -0.2) is 16.7 Å². The van der Waals surface area contributed by atoms with Crippen LogP contribution in [0.5, 0.6) is 0 Å². The Bertz CT molecular complexity index is 555. The fourth-order valence-corrected chi connectivity index (χ4v) is 2.97. The van der Waals surface area contributed by atoms with Crippen molar-refractivity contribution in [3.8, 4) is 0 Å². The van der Waals surface area contributed by atoms with Gasteiger partial charge in [-0.1, -0.05) is 64.8 Å². The van der Waals surface area contributed by atoms with Gasteiger partial charge in [0.15, 0.2) is 15.5 Å². The van der Waals surface area contributed by atoms with Crippen LogP contribution in [0.3, 0.4) is 0 Å². The molecule has 0 unspecified atom stereocenters. The predicted molar refractivity (Wildman–Crippen MR) is 80.0 cm³/mol. The number of methoxy groups -OCH3 is 1.